The second kappa shape index (κ2) is 5.54. The lowest BCUT2D eigenvalue weighted by molar-refractivity contribution is -0.254. The van der Waals surface area contributed by atoms with Crippen molar-refractivity contribution in [2.75, 3.05) is 0 Å². The monoisotopic (exact) mass is 354 g/mol. The molecular formula is C18H13BrNO2-. The zero-order chi connectivity index (χ0) is 15.9. The Labute approximate surface area is 136 Å². The zero-order valence-electron chi connectivity index (χ0n) is 12.2. The number of aryl methyl sites for hydroxylation is 2. The number of aromatic nitrogens is 1. The Balaban J connectivity index is 2.29. The molecule has 0 N–H and O–H groups in total. The molecule has 0 unspecified atom stereocenters. The van der Waals surface area contributed by atoms with E-state index in [1.165, 1.54) is 5.56 Å². The van der Waals surface area contributed by atoms with Gasteiger partial charge in [-0.1, -0.05) is 28.1 Å². The predicted molar refractivity (Wildman–Crippen MR) is 88.7 cm³/mol. The number of rotatable bonds is 2. The van der Waals surface area contributed by atoms with Crippen LogP contribution in [0.3, 0.4) is 0 Å². The van der Waals surface area contributed by atoms with E-state index >= 15 is 0 Å². The Bertz CT molecular complexity index is 903. The van der Waals surface area contributed by atoms with Crippen molar-refractivity contribution in [2.24, 2.45) is 0 Å². The molecule has 0 atom stereocenters. The number of hydrogen-bond donors (Lipinski definition) is 0. The summed E-state index contributed by atoms with van der Waals surface area (Å²) < 4.78 is 0.809. The fourth-order valence-corrected chi connectivity index (χ4v) is 2.78. The average molecular weight is 355 g/mol. The Morgan fingerprint density at radius 1 is 1.05 bits per heavy atom. The van der Waals surface area contributed by atoms with E-state index in [9.17, 15) is 9.90 Å². The van der Waals surface area contributed by atoms with Crippen LogP contribution in [0.2, 0.25) is 0 Å². The molecule has 0 aliphatic carbocycles. The molecule has 0 aliphatic heterocycles. The molecular weight excluding hydrogens is 342 g/mol. The van der Waals surface area contributed by atoms with Gasteiger partial charge in [0.05, 0.1) is 17.2 Å². The van der Waals surface area contributed by atoms with E-state index in [-0.39, 0.29) is 5.56 Å². The summed E-state index contributed by atoms with van der Waals surface area (Å²) in [5.74, 6) is -1.20. The molecule has 0 bridgehead atoms. The van der Waals surface area contributed by atoms with Gasteiger partial charge in [-0.2, -0.15) is 0 Å². The minimum absolute atomic E-state index is 0.152. The largest absolute Gasteiger partial charge is 0.545 e. The third-order valence-electron chi connectivity index (χ3n) is 3.79. The lowest BCUT2D eigenvalue weighted by Crippen LogP contribution is -2.22. The first-order chi connectivity index (χ1) is 10.5. The van der Waals surface area contributed by atoms with Crippen molar-refractivity contribution in [3.05, 3.63) is 63.6 Å². The van der Waals surface area contributed by atoms with Crippen LogP contribution >= 0.6 is 15.9 Å². The maximum absolute atomic E-state index is 11.5. The predicted octanol–water partition coefficient (Wildman–Crippen LogP) is 3.64. The van der Waals surface area contributed by atoms with E-state index in [1.807, 2.05) is 38.1 Å². The van der Waals surface area contributed by atoms with Crippen molar-refractivity contribution < 1.29 is 9.90 Å². The number of fused-ring (bicyclic) bond motifs is 1. The third-order valence-corrected chi connectivity index (χ3v) is 4.29. The first-order valence-corrected chi connectivity index (χ1v) is 7.64. The Morgan fingerprint density at radius 2 is 1.82 bits per heavy atom. The standard InChI is InChI=1S/C18H14BrNO2/c1-10-3-4-12(7-11(10)2)17-9-15(18(21)22)14-8-13(19)5-6-16(14)20-17/h3-9H,1-2H3,(H,21,22)/p-1. The number of nitrogens with zero attached hydrogens (tertiary/aromatic N) is 1. The second-order valence-electron chi connectivity index (χ2n) is 5.30. The summed E-state index contributed by atoms with van der Waals surface area (Å²) >= 11 is 3.36. The van der Waals surface area contributed by atoms with Crippen LogP contribution in [0.4, 0.5) is 0 Å². The zero-order valence-corrected chi connectivity index (χ0v) is 13.8. The summed E-state index contributed by atoms with van der Waals surface area (Å²) in [5, 5.41) is 12.0. The number of aromatic carboxylic acids is 1. The molecule has 4 heteroatoms. The van der Waals surface area contributed by atoms with Gasteiger partial charge in [-0.3, -0.25) is 0 Å². The van der Waals surface area contributed by atoms with Crippen LogP contribution in [0.25, 0.3) is 22.2 Å². The first kappa shape index (κ1) is 14.7. The fourth-order valence-electron chi connectivity index (χ4n) is 2.42. The summed E-state index contributed by atoms with van der Waals surface area (Å²) in [6.07, 6.45) is 0. The van der Waals surface area contributed by atoms with Gasteiger partial charge < -0.3 is 9.90 Å². The summed E-state index contributed by atoms with van der Waals surface area (Å²) in [4.78, 5) is 16.1. The molecule has 3 aromatic rings. The summed E-state index contributed by atoms with van der Waals surface area (Å²) in [7, 11) is 0. The summed E-state index contributed by atoms with van der Waals surface area (Å²) in [6, 6.07) is 13.0. The van der Waals surface area contributed by atoms with E-state index < -0.39 is 5.97 Å². The van der Waals surface area contributed by atoms with Gasteiger partial charge in [-0.25, -0.2) is 4.98 Å². The van der Waals surface area contributed by atoms with Gasteiger partial charge in [0.15, 0.2) is 0 Å². The molecule has 2 aromatic carbocycles. The van der Waals surface area contributed by atoms with Crippen LogP contribution < -0.4 is 5.11 Å². The minimum Gasteiger partial charge on any atom is -0.545 e. The quantitative estimate of drug-likeness (QED) is 0.705. The summed E-state index contributed by atoms with van der Waals surface area (Å²) in [6.45, 7) is 4.06. The number of pyridine rings is 1. The van der Waals surface area contributed by atoms with Crippen LogP contribution in [0.15, 0.2) is 46.9 Å². The van der Waals surface area contributed by atoms with Gasteiger partial charge >= 0.3 is 0 Å². The smallest absolute Gasteiger partial charge is 0.0722 e. The molecule has 0 saturated heterocycles. The van der Waals surface area contributed by atoms with Crippen molar-refractivity contribution in [1.29, 1.82) is 0 Å². The number of carboxylic acids is 1. The van der Waals surface area contributed by atoms with E-state index in [2.05, 4.69) is 20.9 Å². The number of carboxylic acid groups (broad SMARTS) is 1. The number of carbonyl (C=O) groups excluding carboxylic acids is 1. The Morgan fingerprint density at radius 3 is 2.50 bits per heavy atom. The van der Waals surface area contributed by atoms with Gasteiger partial charge in [0.2, 0.25) is 0 Å². The van der Waals surface area contributed by atoms with Crippen LogP contribution in [-0.2, 0) is 0 Å². The highest BCUT2D eigenvalue weighted by atomic mass is 79.9. The van der Waals surface area contributed by atoms with Crippen LogP contribution in [0, 0.1) is 13.8 Å². The topological polar surface area (TPSA) is 53.0 Å². The number of hydrogen-bond acceptors (Lipinski definition) is 3. The van der Waals surface area contributed by atoms with Crippen molar-refractivity contribution in [3.63, 3.8) is 0 Å². The third kappa shape index (κ3) is 2.62. The average Bonchev–Trinajstić information content (AvgIpc) is 2.48. The fraction of sp³-hybridized carbons (Fsp3) is 0.111. The van der Waals surface area contributed by atoms with Gasteiger partial charge in [0.1, 0.15) is 0 Å². The highest BCUT2D eigenvalue weighted by Crippen LogP contribution is 2.27. The molecule has 1 heterocycles. The summed E-state index contributed by atoms with van der Waals surface area (Å²) in [5.41, 5.74) is 4.66. The Hall–Kier alpha value is -2.20. The lowest BCUT2D eigenvalue weighted by atomic mass is 10.0. The van der Waals surface area contributed by atoms with Crippen molar-refractivity contribution in [1.82, 2.24) is 4.98 Å². The molecule has 3 rings (SSSR count). The number of carbonyl (C=O) groups is 1. The molecule has 0 spiro atoms. The first-order valence-electron chi connectivity index (χ1n) is 6.85. The molecule has 0 amide bonds. The Kier molecular flexibility index (Phi) is 3.71. The van der Waals surface area contributed by atoms with Crippen LogP contribution in [-0.4, -0.2) is 11.0 Å². The van der Waals surface area contributed by atoms with Crippen molar-refractivity contribution in [3.8, 4) is 11.3 Å². The van der Waals surface area contributed by atoms with E-state index in [0.717, 1.165) is 15.6 Å². The van der Waals surface area contributed by atoms with Gasteiger partial charge in [-0.05, 0) is 55.3 Å². The van der Waals surface area contributed by atoms with Crippen molar-refractivity contribution in [2.45, 2.75) is 13.8 Å². The normalized spacial score (nSPS) is 10.9. The molecule has 0 saturated carbocycles. The molecule has 110 valence electrons. The number of halogens is 1. The van der Waals surface area contributed by atoms with E-state index in [0.29, 0.717) is 16.6 Å². The molecule has 0 fully saturated rings. The molecule has 0 radical (unpaired) electrons. The van der Waals surface area contributed by atoms with Crippen LogP contribution in [0.5, 0.6) is 0 Å². The highest BCUT2D eigenvalue weighted by molar-refractivity contribution is 9.10. The number of benzene rings is 2. The van der Waals surface area contributed by atoms with E-state index in [4.69, 9.17) is 0 Å². The van der Waals surface area contributed by atoms with Gasteiger partial charge in [0.25, 0.3) is 0 Å². The van der Waals surface area contributed by atoms with Crippen LogP contribution in [0.1, 0.15) is 21.5 Å². The van der Waals surface area contributed by atoms with Gasteiger partial charge in [-0.15, -0.1) is 0 Å². The molecule has 0 aliphatic rings. The SMILES string of the molecule is Cc1ccc(-c2cc(C(=O)[O-])c3cc(Br)ccc3n2)cc1C. The maximum Gasteiger partial charge on any atom is 0.0722 e. The molecule has 1 aromatic heterocycles. The van der Waals surface area contributed by atoms with Crippen molar-refractivity contribution >= 4 is 32.8 Å². The molecule has 22 heavy (non-hydrogen) atoms. The molecule has 3 nitrogen and oxygen atoms in total. The highest BCUT2D eigenvalue weighted by Gasteiger charge is 2.09. The maximum atomic E-state index is 11.5. The van der Waals surface area contributed by atoms with E-state index in [1.54, 1.807) is 18.2 Å². The van der Waals surface area contributed by atoms with Gasteiger partial charge in [0, 0.05) is 21.0 Å². The lowest BCUT2D eigenvalue weighted by Gasteiger charge is -2.12. The minimum atomic E-state index is -1.20. The second-order valence-corrected chi connectivity index (χ2v) is 6.22.